The van der Waals surface area contributed by atoms with Crippen molar-refractivity contribution in [1.82, 2.24) is 4.57 Å². The van der Waals surface area contributed by atoms with Gasteiger partial charge in [0.25, 0.3) is 5.78 Å². The van der Waals surface area contributed by atoms with Gasteiger partial charge in [-0.3, -0.25) is 4.79 Å². The van der Waals surface area contributed by atoms with Crippen molar-refractivity contribution in [2.24, 2.45) is 0 Å². The van der Waals surface area contributed by atoms with E-state index in [1.54, 1.807) is 0 Å². The molecule has 0 N–H and O–H groups in total. The summed E-state index contributed by atoms with van der Waals surface area (Å²) < 4.78 is 79.7. The van der Waals surface area contributed by atoms with Gasteiger partial charge < -0.3 is 9.30 Å². The van der Waals surface area contributed by atoms with Gasteiger partial charge in [0.05, 0.1) is 12.3 Å². The van der Waals surface area contributed by atoms with E-state index in [4.69, 9.17) is 0 Å². The van der Waals surface area contributed by atoms with Crippen molar-refractivity contribution in [3.05, 3.63) is 23.5 Å². The summed E-state index contributed by atoms with van der Waals surface area (Å²) in [6.07, 6.45) is -8.36. The van der Waals surface area contributed by atoms with E-state index in [2.05, 4.69) is 4.74 Å². The van der Waals surface area contributed by atoms with Crippen LogP contribution in [0.2, 0.25) is 0 Å². The number of ether oxygens (including phenoxy) is 1. The molecule has 0 saturated heterocycles. The van der Waals surface area contributed by atoms with Gasteiger partial charge >= 0.3 is 18.3 Å². The molecule has 0 radical (unpaired) electrons. The van der Waals surface area contributed by atoms with Gasteiger partial charge in [-0.1, -0.05) is 6.42 Å². The molecule has 10 heteroatoms. The zero-order valence-corrected chi connectivity index (χ0v) is 12.9. The molecule has 1 atom stereocenters. The first-order valence-corrected chi connectivity index (χ1v) is 7.56. The van der Waals surface area contributed by atoms with Crippen LogP contribution in [0.3, 0.4) is 0 Å². The predicted molar refractivity (Wildman–Crippen MR) is 73.0 cm³/mol. The second kappa shape index (κ2) is 7.09. The molecule has 4 nitrogen and oxygen atoms in total. The van der Waals surface area contributed by atoms with Crippen molar-refractivity contribution in [3.63, 3.8) is 0 Å². The molecule has 2 heterocycles. The Morgan fingerprint density at radius 1 is 1.08 bits per heavy atom. The molecule has 25 heavy (non-hydrogen) atoms. The number of nitrogens with zero attached hydrogens (tertiary/aromatic N) is 1. The first-order valence-electron chi connectivity index (χ1n) is 7.56. The first-order chi connectivity index (χ1) is 11.5. The van der Waals surface area contributed by atoms with Gasteiger partial charge in [-0.25, -0.2) is 4.79 Å². The molecule has 1 aromatic heterocycles. The fourth-order valence-corrected chi connectivity index (χ4v) is 2.91. The van der Waals surface area contributed by atoms with Gasteiger partial charge in [0, 0.05) is 18.2 Å². The number of aromatic nitrogens is 1. The first kappa shape index (κ1) is 19.3. The highest BCUT2D eigenvalue weighted by Gasteiger charge is 2.42. The summed E-state index contributed by atoms with van der Waals surface area (Å²) in [6, 6.07) is 2.45. The molecule has 0 aliphatic carbocycles. The third-order valence-electron chi connectivity index (χ3n) is 4.04. The number of Topliss-reactive ketones (excluding diaryl/α,β-unsaturated/α-hetero) is 1. The van der Waals surface area contributed by atoms with E-state index in [-0.39, 0.29) is 13.0 Å². The molecular formula is C15H15F6NO3. The molecule has 1 aliphatic rings. The van der Waals surface area contributed by atoms with Crippen LogP contribution in [0.5, 0.6) is 0 Å². The lowest BCUT2D eigenvalue weighted by Gasteiger charge is -2.17. The smallest absolute Gasteiger partial charge is 0.459 e. The number of fused-ring (bicyclic) bond motifs is 1. The number of carbonyl (C=O) groups is 2. The molecule has 0 unspecified atom stereocenters. The highest BCUT2D eigenvalue weighted by atomic mass is 19.4. The summed E-state index contributed by atoms with van der Waals surface area (Å²) >= 11 is 0. The van der Waals surface area contributed by atoms with Crippen LogP contribution >= 0.6 is 0 Å². The summed E-state index contributed by atoms with van der Waals surface area (Å²) in [6.45, 7) is -0.283. The molecule has 140 valence electrons. The maximum atomic E-state index is 12.7. The number of carbonyl (C=O) groups excluding carboxylic acids is 2. The molecule has 0 fully saturated rings. The summed E-state index contributed by atoms with van der Waals surface area (Å²) in [7, 11) is 0. The van der Waals surface area contributed by atoms with E-state index >= 15 is 0 Å². The molecule has 0 saturated carbocycles. The summed E-state index contributed by atoms with van der Waals surface area (Å²) in [5.41, 5.74) is -0.0464. The highest BCUT2D eigenvalue weighted by molar-refractivity contribution is 5.99. The second-order valence-corrected chi connectivity index (χ2v) is 5.74. The quantitative estimate of drug-likeness (QED) is 0.457. The predicted octanol–water partition coefficient (Wildman–Crippen LogP) is 4.00. The molecule has 0 amide bonds. The molecular weight excluding hydrogens is 356 g/mol. The molecule has 0 spiro atoms. The molecule has 1 aliphatic heterocycles. The van der Waals surface area contributed by atoms with Gasteiger partial charge in [-0.05, 0) is 31.4 Å². The normalized spacial score (nSPS) is 18.4. The molecule has 1 aromatic rings. The Labute approximate surface area is 138 Å². The Morgan fingerprint density at radius 3 is 2.36 bits per heavy atom. The van der Waals surface area contributed by atoms with Gasteiger partial charge in [0.15, 0.2) is 0 Å². The summed E-state index contributed by atoms with van der Waals surface area (Å²) in [4.78, 5) is 22.2. The Hall–Kier alpha value is -2.00. The number of rotatable bonds is 4. The Morgan fingerprint density at radius 2 is 1.76 bits per heavy atom. The van der Waals surface area contributed by atoms with Crippen molar-refractivity contribution >= 4 is 11.8 Å². The van der Waals surface area contributed by atoms with Crippen LogP contribution in [-0.4, -0.2) is 35.3 Å². The van der Waals surface area contributed by atoms with Crippen molar-refractivity contribution in [2.45, 2.75) is 50.5 Å². The van der Waals surface area contributed by atoms with E-state index in [1.165, 1.54) is 10.6 Å². The highest BCUT2D eigenvalue weighted by Crippen LogP contribution is 2.33. The van der Waals surface area contributed by atoms with E-state index in [0.717, 1.165) is 6.07 Å². The zero-order valence-electron chi connectivity index (χ0n) is 12.9. The maximum absolute atomic E-state index is 12.7. The lowest BCUT2D eigenvalue weighted by atomic mass is 9.96. The maximum Gasteiger partial charge on any atom is 0.490 e. The number of halogens is 6. The third-order valence-corrected chi connectivity index (χ3v) is 4.04. The number of hydrogen-bond donors (Lipinski definition) is 0. The van der Waals surface area contributed by atoms with Crippen LogP contribution in [-0.2, 0) is 16.1 Å². The molecule has 0 bridgehead atoms. The van der Waals surface area contributed by atoms with E-state index in [1.807, 2.05) is 0 Å². The van der Waals surface area contributed by atoms with Crippen molar-refractivity contribution in [3.8, 4) is 0 Å². The molecule has 0 aromatic carbocycles. The number of hydrogen-bond acceptors (Lipinski definition) is 3. The number of ketones is 1. The van der Waals surface area contributed by atoms with E-state index in [0.29, 0.717) is 25.0 Å². The van der Waals surface area contributed by atoms with E-state index in [9.17, 15) is 35.9 Å². The number of alkyl halides is 6. The third kappa shape index (κ3) is 4.55. The van der Waals surface area contributed by atoms with Crippen LogP contribution < -0.4 is 0 Å². The largest absolute Gasteiger partial charge is 0.490 e. The van der Waals surface area contributed by atoms with Crippen molar-refractivity contribution in [2.75, 3.05) is 6.61 Å². The van der Waals surface area contributed by atoms with E-state index < -0.39 is 42.3 Å². The van der Waals surface area contributed by atoms with Crippen LogP contribution in [0.4, 0.5) is 26.3 Å². The van der Waals surface area contributed by atoms with Crippen LogP contribution in [0, 0.1) is 0 Å². The minimum Gasteiger partial charge on any atom is -0.459 e. The second-order valence-electron chi connectivity index (χ2n) is 5.74. The van der Waals surface area contributed by atoms with Gasteiger partial charge in [0.1, 0.15) is 0 Å². The van der Waals surface area contributed by atoms with Gasteiger partial charge in [0.2, 0.25) is 0 Å². The van der Waals surface area contributed by atoms with Gasteiger partial charge in [-0.2, -0.15) is 26.3 Å². The lowest BCUT2D eigenvalue weighted by molar-refractivity contribution is -0.199. The Bertz CT molecular complexity index is 647. The lowest BCUT2D eigenvalue weighted by Crippen LogP contribution is -2.27. The Balaban J connectivity index is 2.12. The van der Waals surface area contributed by atoms with Gasteiger partial charge in [-0.15, -0.1) is 0 Å². The standard InChI is InChI=1S/C15H15F6NO3/c16-14(17,18)12(23)11-5-4-10-9(3-1-2-7-22(10)11)6-8-25-13(24)15(19,20)21/h4-5,9H,1-3,6-8H2/t9-/m1/s1. The average Bonchev–Trinajstić information content (AvgIpc) is 2.80. The van der Waals surface area contributed by atoms with Crippen LogP contribution in [0.1, 0.15) is 47.8 Å². The van der Waals surface area contributed by atoms with Crippen molar-refractivity contribution < 1.29 is 40.7 Å². The van der Waals surface area contributed by atoms with Crippen molar-refractivity contribution in [1.29, 1.82) is 0 Å². The fourth-order valence-electron chi connectivity index (χ4n) is 2.91. The zero-order chi connectivity index (χ0) is 18.8. The minimum atomic E-state index is -5.09. The monoisotopic (exact) mass is 371 g/mol. The average molecular weight is 371 g/mol. The Kier molecular flexibility index (Phi) is 5.48. The summed E-state index contributed by atoms with van der Waals surface area (Å²) in [5, 5.41) is 0. The minimum absolute atomic E-state index is 0.0332. The van der Waals surface area contributed by atoms with Crippen LogP contribution in [0.25, 0.3) is 0 Å². The molecule has 2 rings (SSSR count). The van der Waals surface area contributed by atoms with Crippen LogP contribution in [0.15, 0.2) is 12.1 Å². The fraction of sp³-hybridized carbons (Fsp3) is 0.600. The summed E-state index contributed by atoms with van der Waals surface area (Å²) in [5.74, 6) is -4.65. The number of esters is 1. The SMILES string of the molecule is O=C(OCC[C@H]1CCCCn2c(C(=O)C(F)(F)F)ccc21)C(F)(F)F. The topological polar surface area (TPSA) is 48.3 Å².